The molecule has 5 heteroatoms. The Morgan fingerprint density at radius 2 is 2.00 bits per heavy atom. The molecule has 0 spiro atoms. The summed E-state index contributed by atoms with van der Waals surface area (Å²) in [7, 11) is 0. The van der Waals surface area contributed by atoms with Crippen LogP contribution in [0.5, 0.6) is 0 Å². The van der Waals surface area contributed by atoms with Crippen molar-refractivity contribution in [2.45, 2.75) is 13.0 Å². The quantitative estimate of drug-likeness (QED) is 0.541. The summed E-state index contributed by atoms with van der Waals surface area (Å²) in [6.45, 7) is 1.67. The minimum absolute atomic E-state index is 0.781. The van der Waals surface area contributed by atoms with Crippen molar-refractivity contribution in [2.24, 2.45) is 0 Å². The number of nitrogens with one attached hydrogen (secondary N) is 1. The SMILES string of the molecule is Clc1ccccc1CCNCc1ncc(-c2cccc(Br)c2)s1. The van der Waals surface area contributed by atoms with Crippen LogP contribution in [0.2, 0.25) is 5.02 Å². The first-order valence-electron chi connectivity index (χ1n) is 7.37. The van der Waals surface area contributed by atoms with E-state index in [2.05, 4.69) is 44.4 Å². The van der Waals surface area contributed by atoms with E-state index in [0.717, 1.165) is 34.0 Å². The molecule has 0 aliphatic carbocycles. The molecule has 0 aliphatic rings. The van der Waals surface area contributed by atoms with Gasteiger partial charge in [0.2, 0.25) is 0 Å². The van der Waals surface area contributed by atoms with Crippen LogP contribution in [0.25, 0.3) is 10.4 Å². The van der Waals surface area contributed by atoms with Crippen molar-refractivity contribution >= 4 is 38.9 Å². The van der Waals surface area contributed by atoms with E-state index in [9.17, 15) is 0 Å². The van der Waals surface area contributed by atoms with Gasteiger partial charge < -0.3 is 5.32 Å². The molecule has 2 aromatic carbocycles. The molecule has 0 aliphatic heterocycles. The van der Waals surface area contributed by atoms with E-state index in [4.69, 9.17) is 11.6 Å². The maximum Gasteiger partial charge on any atom is 0.107 e. The summed E-state index contributed by atoms with van der Waals surface area (Å²) in [4.78, 5) is 5.69. The zero-order chi connectivity index (χ0) is 16.1. The van der Waals surface area contributed by atoms with Crippen molar-refractivity contribution in [2.75, 3.05) is 6.54 Å². The van der Waals surface area contributed by atoms with Crippen molar-refractivity contribution in [1.29, 1.82) is 0 Å². The average Bonchev–Trinajstić information content (AvgIpc) is 3.02. The Labute approximate surface area is 153 Å². The molecule has 118 valence electrons. The molecule has 0 amide bonds. The smallest absolute Gasteiger partial charge is 0.107 e. The summed E-state index contributed by atoms with van der Waals surface area (Å²) in [5, 5.41) is 5.36. The Morgan fingerprint density at radius 1 is 1.13 bits per heavy atom. The fourth-order valence-electron chi connectivity index (χ4n) is 2.29. The molecule has 23 heavy (non-hydrogen) atoms. The topological polar surface area (TPSA) is 24.9 Å². The Bertz CT molecular complexity index is 788. The number of halogens is 2. The summed E-state index contributed by atoms with van der Waals surface area (Å²) < 4.78 is 1.09. The van der Waals surface area contributed by atoms with Gasteiger partial charge in [-0.1, -0.05) is 57.9 Å². The van der Waals surface area contributed by atoms with Gasteiger partial charge in [0, 0.05) is 22.2 Å². The minimum atomic E-state index is 0.781. The van der Waals surface area contributed by atoms with Gasteiger partial charge in [-0.15, -0.1) is 11.3 Å². The molecular weight excluding hydrogens is 392 g/mol. The third kappa shape index (κ3) is 4.64. The predicted molar refractivity (Wildman–Crippen MR) is 102 cm³/mol. The molecule has 3 aromatic rings. The maximum atomic E-state index is 6.16. The molecule has 0 saturated carbocycles. The molecule has 1 aromatic heterocycles. The van der Waals surface area contributed by atoms with Crippen molar-refractivity contribution in [3.05, 3.63) is 74.8 Å². The molecule has 2 nitrogen and oxygen atoms in total. The van der Waals surface area contributed by atoms with Crippen LogP contribution in [-0.4, -0.2) is 11.5 Å². The van der Waals surface area contributed by atoms with Gasteiger partial charge in [-0.25, -0.2) is 4.98 Å². The van der Waals surface area contributed by atoms with Crippen LogP contribution in [0, 0.1) is 0 Å². The number of benzene rings is 2. The van der Waals surface area contributed by atoms with Gasteiger partial charge in [0.1, 0.15) is 5.01 Å². The van der Waals surface area contributed by atoms with Crippen molar-refractivity contribution < 1.29 is 0 Å². The first-order chi connectivity index (χ1) is 11.2. The second-order valence-electron chi connectivity index (χ2n) is 5.15. The fraction of sp³-hybridized carbons (Fsp3) is 0.167. The normalized spacial score (nSPS) is 10.9. The van der Waals surface area contributed by atoms with Crippen LogP contribution < -0.4 is 5.32 Å². The van der Waals surface area contributed by atoms with Crippen molar-refractivity contribution in [3.63, 3.8) is 0 Å². The van der Waals surface area contributed by atoms with Gasteiger partial charge in [0.25, 0.3) is 0 Å². The van der Waals surface area contributed by atoms with E-state index in [1.807, 2.05) is 36.5 Å². The molecule has 0 fully saturated rings. The summed E-state index contributed by atoms with van der Waals surface area (Å²) in [6.07, 6.45) is 2.86. The van der Waals surface area contributed by atoms with E-state index in [0.29, 0.717) is 0 Å². The first-order valence-corrected chi connectivity index (χ1v) is 9.36. The molecule has 0 radical (unpaired) electrons. The number of hydrogen-bond acceptors (Lipinski definition) is 3. The number of nitrogens with zero attached hydrogens (tertiary/aromatic N) is 1. The Morgan fingerprint density at radius 3 is 2.83 bits per heavy atom. The van der Waals surface area contributed by atoms with Crippen LogP contribution in [0.3, 0.4) is 0 Å². The lowest BCUT2D eigenvalue weighted by Gasteiger charge is -2.04. The molecule has 1 N–H and O–H groups in total. The predicted octanol–water partition coefficient (Wildman–Crippen LogP) is 5.56. The van der Waals surface area contributed by atoms with E-state index in [-0.39, 0.29) is 0 Å². The van der Waals surface area contributed by atoms with Gasteiger partial charge >= 0.3 is 0 Å². The number of aromatic nitrogens is 1. The highest BCUT2D eigenvalue weighted by Gasteiger charge is 2.05. The molecule has 0 atom stereocenters. The van der Waals surface area contributed by atoms with Gasteiger partial charge in [0.15, 0.2) is 0 Å². The average molecular weight is 408 g/mol. The summed E-state index contributed by atoms with van der Waals surface area (Å²) in [6, 6.07) is 16.3. The van der Waals surface area contributed by atoms with E-state index in [1.54, 1.807) is 11.3 Å². The van der Waals surface area contributed by atoms with E-state index < -0.39 is 0 Å². The third-order valence-corrected chi connectivity index (χ3v) is 5.38. The molecular formula is C18H16BrClN2S. The molecule has 0 bridgehead atoms. The number of hydrogen-bond donors (Lipinski definition) is 1. The molecule has 0 unspecified atom stereocenters. The monoisotopic (exact) mass is 406 g/mol. The van der Waals surface area contributed by atoms with Gasteiger partial charge in [-0.3, -0.25) is 0 Å². The van der Waals surface area contributed by atoms with Gasteiger partial charge in [-0.2, -0.15) is 0 Å². The molecule has 0 saturated heterocycles. The zero-order valence-electron chi connectivity index (χ0n) is 12.4. The standard InChI is InChI=1S/C18H16BrClN2S/c19-15-6-3-5-14(10-15)17-11-22-18(23-17)12-21-9-8-13-4-1-2-7-16(13)20/h1-7,10-11,21H,8-9,12H2. The lowest BCUT2D eigenvalue weighted by Crippen LogP contribution is -2.16. The maximum absolute atomic E-state index is 6.16. The third-order valence-electron chi connectivity index (χ3n) is 3.47. The lowest BCUT2D eigenvalue weighted by molar-refractivity contribution is 0.684. The van der Waals surface area contributed by atoms with Crippen LogP contribution in [0.15, 0.2) is 59.2 Å². The summed E-state index contributed by atoms with van der Waals surface area (Å²) in [5.41, 5.74) is 2.37. The van der Waals surface area contributed by atoms with Crippen molar-refractivity contribution in [1.82, 2.24) is 10.3 Å². The van der Waals surface area contributed by atoms with E-state index >= 15 is 0 Å². The second kappa shape index (κ2) is 8.06. The largest absolute Gasteiger partial charge is 0.310 e. The first kappa shape index (κ1) is 16.7. The van der Waals surface area contributed by atoms with Crippen LogP contribution in [-0.2, 0) is 13.0 Å². The number of thiazole rings is 1. The van der Waals surface area contributed by atoms with Gasteiger partial charge in [-0.05, 0) is 42.3 Å². The molecule has 1 heterocycles. The summed E-state index contributed by atoms with van der Waals surface area (Å²) in [5.74, 6) is 0. The second-order valence-corrected chi connectivity index (χ2v) is 7.58. The zero-order valence-corrected chi connectivity index (χ0v) is 15.6. The highest BCUT2D eigenvalue weighted by atomic mass is 79.9. The Kier molecular flexibility index (Phi) is 5.84. The fourth-order valence-corrected chi connectivity index (χ4v) is 3.80. The highest BCUT2D eigenvalue weighted by Crippen LogP contribution is 2.28. The Hall–Kier alpha value is -1.20. The number of rotatable bonds is 6. The summed E-state index contributed by atoms with van der Waals surface area (Å²) >= 11 is 11.4. The highest BCUT2D eigenvalue weighted by molar-refractivity contribution is 9.10. The molecule has 3 rings (SSSR count). The lowest BCUT2D eigenvalue weighted by atomic mass is 10.1. The van der Waals surface area contributed by atoms with Crippen LogP contribution in [0.4, 0.5) is 0 Å². The van der Waals surface area contributed by atoms with E-state index in [1.165, 1.54) is 16.0 Å². The Balaban J connectivity index is 1.53. The van der Waals surface area contributed by atoms with Crippen LogP contribution >= 0.6 is 38.9 Å². The van der Waals surface area contributed by atoms with Crippen molar-refractivity contribution in [3.8, 4) is 10.4 Å². The van der Waals surface area contributed by atoms with Gasteiger partial charge in [0.05, 0.1) is 4.88 Å². The minimum Gasteiger partial charge on any atom is -0.310 e. The van der Waals surface area contributed by atoms with Crippen LogP contribution in [0.1, 0.15) is 10.6 Å².